The summed E-state index contributed by atoms with van der Waals surface area (Å²) < 4.78 is 0. The molecule has 0 heterocycles. The van der Waals surface area contributed by atoms with Gasteiger partial charge in [0.2, 0.25) is 0 Å². The molecule has 0 bridgehead atoms. The van der Waals surface area contributed by atoms with Crippen molar-refractivity contribution in [3.05, 3.63) is 29.8 Å². The van der Waals surface area contributed by atoms with Crippen LogP contribution in [0.3, 0.4) is 0 Å². The van der Waals surface area contributed by atoms with Crippen molar-refractivity contribution in [3.8, 4) is 5.75 Å². The summed E-state index contributed by atoms with van der Waals surface area (Å²) in [6.07, 6.45) is 0. The number of carbonyl (C=O) groups is 1. The van der Waals surface area contributed by atoms with E-state index in [0.717, 1.165) is 0 Å². The molecule has 5 nitrogen and oxygen atoms in total. The first-order chi connectivity index (χ1) is 6.25. The molecular formula is C8H8O5. The van der Waals surface area contributed by atoms with Gasteiger partial charge in [0.25, 0.3) is 0 Å². The summed E-state index contributed by atoms with van der Waals surface area (Å²) in [5.74, 6) is -0.993. The third-order valence-electron chi connectivity index (χ3n) is 1.31. The SMILES string of the molecule is COOOc1ccccc1C(=O)O. The van der Waals surface area contributed by atoms with Crippen molar-refractivity contribution in [3.63, 3.8) is 0 Å². The largest absolute Gasteiger partial charge is 0.478 e. The van der Waals surface area contributed by atoms with E-state index in [1.165, 1.54) is 19.2 Å². The average molecular weight is 184 g/mol. The molecule has 1 aromatic rings. The van der Waals surface area contributed by atoms with Crippen LogP contribution in [-0.4, -0.2) is 18.2 Å². The van der Waals surface area contributed by atoms with E-state index in [1.54, 1.807) is 12.1 Å². The highest BCUT2D eigenvalue weighted by Gasteiger charge is 2.10. The number of aromatic carboxylic acids is 1. The first kappa shape index (κ1) is 9.50. The van der Waals surface area contributed by atoms with Crippen LogP contribution in [0, 0.1) is 0 Å². The molecule has 1 rings (SSSR count). The lowest BCUT2D eigenvalue weighted by molar-refractivity contribution is -0.453. The monoisotopic (exact) mass is 184 g/mol. The predicted octanol–water partition coefficient (Wildman–Crippen LogP) is 1.26. The average Bonchev–Trinajstić information content (AvgIpc) is 2.15. The highest BCUT2D eigenvalue weighted by molar-refractivity contribution is 5.90. The molecule has 1 aromatic carbocycles. The quantitative estimate of drug-likeness (QED) is 0.563. The van der Waals surface area contributed by atoms with E-state index in [-0.39, 0.29) is 11.3 Å². The summed E-state index contributed by atoms with van der Waals surface area (Å²) in [5, 5.41) is 12.8. The van der Waals surface area contributed by atoms with Crippen LogP contribution in [0.2, 0.25) is 0 Å². The van der Waals surface area contributed by atoms with Crippen LogP contribution in [0.25, 0.3) is 0 Å². The van der Waals surface area contributed by atoms with Crippen molar-refractivity contribution in [2.45, 2.75) is 0 Å². The molecule has 0 saturated heterocycles. The Hall–Kier alpha value is -1.59. The molecule has 70 valence electrons. The molecule has 5 heteroatoms. The third kappa shape index (κ3) is 2.43. The van der Waals surface area contributed by atoms with E-state index in [2.05, 4.69) is 14.8 Å². The lowest BCUT2D eigenvalue weighted by Gasteiger charge is -2.03. The van der Waals surface area contributed by atoms with Crippen molar-refractivity contribution in [2.75, 3.05) is 7.11 Å². The first-order valence-corrected chi connectivity index (χ1v) is 3.45. The fourth-order valence-electron chi connectivity index (χ4n) is 0.787. The number of rotatable bonds is 4. The number of carboxylic acid groups (broad SMARTS) is 1. The second kappa shape index (κ2) is 4.44. The Labute approximate surface area is 74.3 Å². The van der Waals surface area contributed by atoms with Gasteiger partial charge >= 0.3 is 5.97 Å². The van der Waals surface area contributed by atoms with Gasteiger partial charge in [-0.25, -0.2) is 4.79 Å². The van der Waals surface area contributed by atoms with Crippen LogP contribution >= 0.6 is 0 Å². The molecule has 13 heavy (non-hydrogen) atoms. The van der Waals surface area contributed by atoms with Crippen LogP contribution in [-0.2, 0) is 9.93 Å². The number of benzene rings is 1. The molecule has 0 saturated carbocycles. The summed E-state index contributed by atoms with van der Waals surface area (Å²) in [6, 6.07) is 6.07. The van der Waals surface area contributed by atoms with Crippen molar-refractivity contribution in [2.24, 2.45) is 0 Å². The van der Waals surface area contributed by atoms with Crippen LogP contribution in [0.1, 0.15) is 10.4 Å². The van der Waals surface area contributed by atoms with Gasteiger partial charge in [-0.2, -0.15) is 4.89 Å². The summed E-state index contributed by atoms with van der Waals surface area (Å²) in [4.78, 5) is 19.3. The number of carboxylic acids is 1. The minimum Gasteiger partial charge on any atom is -0.478 e. The maximum atomic E-state index is 10.6. The molecule has 1 N–H and O–H groups in total. The number of hydrogen-bond donors (Lipinski definition) is 1. The highest BCUT2D eigenvalue weighted by Crippen LogP contribution is 2.17. The van der Waals surface area contributed by atoms with Crippen molar-refractivity contribution < 1.29 is 24.7 Å². The molecule has 0 aliphatic heterocycles. The first-order valence-electron chi connectivity index (χ1n) is 3.45. The fraction of sp³-hybridized carbons (Fsp3) is 0.125. The van der Waals surface area contributed by atoms with Crippen LogP contribution in [0.5, 0.6) is 5.75 Å². The molecule has 0 aromatic heterocycles. The van der Waals surface area contributed by atoms with Gasteiger partial charge in [0.1, 0.15) is 5.56 Å². The summed E-state index contributed by atoms with van der Waals surface area (Å²) in [5.41, 5.74) is 0.0135. The minimum absolute atomic E-state index is 0.0135. The second-order valence-corrected chi connectivity index (χ2v) is 2.12. The Morgan fingerprint density at radius 2 is 2.08 bits per heavy atom. The molecule has 0 amide bonds. The van der Waals surface area contributed by atoms with Gasteiger partial charge < -0.3 is 9.99 Å². The third-order valence-corrected chi connectivity index (χ3v) is 1.31. The minimum atomic E-state index is -1.09. The molecular weight excluding hydrogens is 176 g/mol. The Bertz CT molecular complexity index is 296. The van der Waals surface area contributed by atoms with Crippen LogP contribution in [0.4, 0.5) is 0 Å². The zero-order chi connectivity index (χ0) is 9.68. The molecule has 0 spiro atoms. The fourth-order valence-corrected chi connectivity index (χ4v) is 0.787. The summed E-state index contributed by atoms with van der Waals surface area (Å²) in [7, 11) is 1.25. The Morgan fingerprint density at radius 1 is 1.38 bits per heavy atom. The standard InChI is InChI=1S/C8H8O5/c1-11-13-12-7-5-3-2-4-6(7)8(9)10/h2-5H,1H3,(H,9,10). The number of hydrogen-bond acceptors (Lipinski definition) is 4. The Morgan fingerprint density at radius 3 is 2.69 bits per heavy atom. The molecule has 0 radical (unpaired) electrons. The van der Waals surface area contributed by atoms with Crippen molar-refractivity contribution >= 4 is 5.97 Å². The zero-order valence-corrected chi connectivity index (χ0v) is 6.89. The van der Waals surface area contributed by atoms with E-state index in [4.69, 9.17) is 5.11 Å². The van der Waals surface area contributed by atoms with Gasteiger partial charge in [-0.05, 0) is 17.2 Å². The second-order valence-electron chi connectivity index (χ2n) is 2.12. The lowest BCUT2D eigenvalue weighted by Crippen LogP contribution is -2.03. The van der Waals surface area contributed by atoms with Gasteiger partial charge in [0.15, 0.2) is 5.75 Å². The van der Waals surface area contributed by atoms with E-state index in [0.29, 0.717) is 0 Å². The summed E-state index contributed by atoms with van der Waals surface area (Å²) in [6.45, 7) is 0. The van der Waals surface area contributed by atoms with Gasteiger partial charge in [-0.1, -0.05) is 12.1 Å². The van der Waals surface area contributed by atoms with Crippen molar-refractivity contribution in [1.29, 1.82) is 0 Å². The summed E-state index contributed by atoms with van der Waals surface area (Å²) >= 11 is 0. The van der Waals surface area contributed by atoms with Gasteiger partial charge in [-0.3, -0.25) is 0 Å². The molecule has 0 aliphatic carbocycles. The van der Waals surface area contributed by atoms with Crippen LogP contribution in [0.15, 0.2) is 24.3 Å². The molecule has 0 unspecified atom stereocenters. The van der Waals surface area contributed by atoms with E-state index in [9.17, 15) is 4.79 Å². The molecule has 0 aliphatic rings. The van der Waals surface area contributed by atoms with Crippen molar-refractivity contribution in [1.82, 2.24) is 0 Å². The normalized spacial score (nSPS) is 9.62. The Balaban J connectivity index is 2.84. The topological polar surface area (TPSA) is 65.0 Å². The van der Waals surface area contributed by atoms with Crippen LogP contribution < -0.4 is 4.89 Å². The van der Waals surface area contributed by atoms with Gasteiger partial charge in [0, 0.05) is 0 Å². The lowest BCUT2D eigenvalue weighted by atomic mass is 10.2. The predicted molar refractivity (Wildman–Crippen MR) is 42.1 cm³/mol. The Kier molecular flexibility index (Phi) is 3.24. The van der Waals surface area contributed by atoms with E-state index >= 15 is 0 Å². The van der Waals surface area contributed by atoms with E-state index in [1.807, 2.05) is 0 Å². The van der Waals surface area contributed by atoms with E-state index < -0.39 is 5.97 Å². The highest BCUT2D eigenvalue weighted by atomic mass is 17.5. The maximum Gasteiger partial charge on any atom is 0.339 e. The van der Waals surface area contributed by atoms with Gasteiger partial charge in [-0.15, -0.1) is 0 Å². The maximum absolute atomic E-state index is 10.6. The smallest absolute Gasteiger partial charge is 0.339 e. The zero-order valence-electron chi connectivity index (χ0n) is 6.89. The molecule has 0 atom stereocenters. The molecule has 0 fully saturated rings. The van der Waals surface area contributed by atoms with Gasteiger partial charge in [0.05, 0.1) is 7.11 Å². The number of para-hydroxylation sites is 1.